The topological polar surface area (TPSA) is 93.5 Å². The van der Waals surface area contributed by atoms with Gasteiger partial charge in [-0.2, -0.15) is 13.1 Å². The summed E-state index contributed by atoms with van der Waals surface area (Å²) in [5.41, 5.74) is 5.65. The minimum Gasteiger partial charge on any atom is -0.484 e. The number of ether oxygens (including phenoxy) is 1. The Labute approximate surface area is 112 Å². The Balaban J connectivity index is 2.85. The summed E-state index contributed by atoms with van der Waals surface area (Å²) >= 11 is 4.69. The van der Waals surface area contributed by atoms with Crippen LogP contribution in [0.2, 0.25) is 0 Å². The zero-order valence-electron chi connectivity index (χ0n) is 9.84. The Morgan fingerprint density at radius 1 is 1.44 bits per heavy atom. The number of rotatable bonds is 7. The summed E-state index contributed by atoms with van der Waals surface area (Å²) in [6.45, 7) is 2.04. The third-order valence-corrected chi connectivity index (χ3v) is 3.11. The molecule has 1 rings (SSSR count). The van der Waals surface area contributed by atoms with Gasteiger partial charge in [-0.25, -0.2) is 0 Å². The van der Waals surface area contributed by atoms with Crippen LogP contribution in [0.5, 0.6) is 5.75 Å². The SMILES string of the molecule is CCNS(=O)(=O)Nc1ccccc1OCC(N)=S. The second kappa shape index (κ2) is 6.53. The molecule has 0 bridgehead atoms. The van der Waals surface area contributed by atoms with Gasteiger partial charge in [0, 0.05) is 6.54 Å². The van der Waals surface area contributed by atoms with E-state index < -0.39 is 10.2 Å². The number of nitrogens with one attached hydrogen (secondary N) is 2. The van der Waals surface area contributed by atoms with Gasteiger partial charge in [0.15, 0.2) is 0 Å². The van der Waals surface area contributed by atoms with Crippen LogP contribution in [0.3, 0.4) is 0 Å². The van der Waals surface area contributed by atoms with Crippen LogP contribution in [-0.4, -0.2) is 26.6 Å². The van der Waals surface area contributed by atoms with Gasteiger partial charge in [0.2, 0.25) is 0 Å². The van der Waals surface area contributed by atoms with Gasteiger partial charge in [-0.3, -0.25) is 4.72 Å². The number of anilines is 1. The average Bonchev–Trinajstić information content (AvgIpc) is 2.27. The van der Waals surface area contributed by atoms with Crippen molar-refractivity contribution in [2.24, 2.45) is 5.73 Å². The van der Waals surface area contributed by atoms with Crippen molar-refractivity contribution in [1.82, 2.24) is 4.72 Å². The fourth-order valence-electron chi connectivity index (χ4n) is 1.20. The van der Waals surface area contributed by atoms with E-state index in [0.717, 1.165) is 0 Å². The number of para-hydroxylation sites is 2. The third kappa shape index (κ3) is 4.86. The van der Waals surface area contributed by atoms with Gasteiger partial charge in [-0.05, 0) is 12.1 Å². The lowest BCUT2D eigenvalue weighted by molar-refractivity contribution is 0.379. The van der Waals surface area contributed by atoms with Gasteiger partial charge in [-0.15, -0.1) is 0 Å². The maximum absolute atomic E-state index is 11.6. The maximum atomic E-state index is 11.6. The number of hydrogen-bond donors (Lipinski definition) is 3. The quantitative estimate of drug-likeness (QED) is 0.640. The molecule has 0 aliphatic rings. The van der Waals surface area contributed by atoms with Crippen LogP contribution in [0, 0.1) is 0 Å². The predicted octanol–water partition coefficient (Wildman–Crippen LogP) is 0.618. The summed E-state index contributed by atoms with van der Waals surface area (Å²) in [4.78, 5) is 0.194. The second-order valence-corrected chi connectivity index (χ2v) is 5.38. The van der Waals surface area contributed by atoms with E-state index in [2.05, 4.69) is 9.44 Å². The monoisotopic (exact) mass is 289 g/mol. The molecule has 0 aromatic heterocycles. The van der Waals surface area contributed by atoms with E-state index in [1.165, 1.54) is 0 Å². The molecule has 0 unspecified atom stereocenters. The molecule has 0 radical (unpaired) electrons. The summed E-state index contributed by atoms with van der Waals surface area (Å²) in [5.74, 6) is 0.367. The molecule has 0 saturated carbocycles. The van der Waals surface area contributed by atoms with Gasteiger partial charge >= 0.3 is 0 Å². The van der Waals surface area contributed by atoms with Crippen LogP contribution in [-0.2, 0) is 10.2 Å². The van der Waals surface area contributed by atoms with Gasteiger partial charge in [0.25, 0.3) is 10.2 Å². The lowest BCUT2D eigenvalue weighted by Gasteiger charge is -2.13. The molecule has 8 heteroatoms. The Kier molecular flexibility index (Phi) is 5.32. The molecular formula is C10H15N3O3S2. The van der Waals surface area contributed by atoms with Gasteiger partial charge in [0.1, 0.15) is 17.3 Å². The predicted molar refractivity (Wildman–Crippen MR) is 74.9 cm³/mol. The molecule has 0 aliphatic heterocycles. The molecule has 100 valence electrons. The van der Waals surface area contributed by atoms with Crippen LogP contribution in [0.1, 0.15) is 6.92 Å². The minimum absolute atomic E-state index is 0.0509. The van der Waals surface area contributed by atoms with E-state index in [9.17, 15) is 8.42 Å². The fourth-order valence-corrected chi connectivity index (χ4v) is 2.17. The smallest absolute Gasteiger partial charge is 0.299 e. The Bertz CT molecular complexity index is 517. The lowest BCUT2D eigenvalue weighted by Crippen LogP contribution is -2.30. The largest absolute Gasteiger partial charge is 0.484 e. The summed E-state index contributed by atoms with van der Waals surface area (Å²) in [6, 6.07) is 6.63. The first-order valence-electron chi connectivity index (χ1n) is 5.22. The Morgan fingerprint density at radius 3 is 2.72 bits per heavy atom. The lowest BCUT2D eigenvalue weighted by atomic mass is 10.3. The average molecular weight is 289 g/mol. The van der Waals surface area contributed by atoms with Gasteiger partial charge in [-0.1, -0.05) is 31.3 Å². The molecule has 6 nitrogen and oxygen atoms in total. The molecule has 0 atom stereocenters. The number of hydrogen-bond acceptors (Lipinski definition) is 4. The molecule has 4 N–H and O–H groups in total. The molecular weight excluding hydrogens is 274 g/mol. The molecule has 1 aromatic rings. The summed E-state index contributed by atoms with van der Waals surface area (Å²) in [5, 5.41) is 0. The van der Waals surface area contributed by atoms with Gasteiger partial charge in [0.05, 0.1) is 5.69 Å². The molecule has 0 spiro atoms. The highest BCUT2D eigenvalue weighted by molar-refractivity contribution is 7.90. The Hall–Kier alpha value is -1.38. The van der Waals surface area contributed by atoms with Crippen molar-refractivity contribution < 1.29 is 13.2 Å². The van der Waals surface area contributed by atoms with Crippen LogP contribution in [0.15, 0.2) is 24.3 Å². The number of benzene rings is 1. The van der Waals surface area contributed by atoms with Crippen LogP contribution < -0.4 is 19.9 Å². The molecule has 0 amide bonds. The highest BCUT2D eigenvalue weighted by atomic mass is 32.2. The molecule has 0 heterocycles. The zero-order chi connectivity index (χ0) is 13.6. The van der Waals surface area contributed by atoms with Crippen LogP contribution >= 0.6 is 12.2 Å². The molecule has 1 aromatic carbocycles. The van der Waals surface area contributed by atoms with Crippen molar-refractivity contribution in [2.45, 2.75) is 6.92 Å². The van der Waals surface area contributed by atoms with E-state index in [0.29, 0.717) is 18.0 Å². The van der Waals surface area contributed by atoms with E-state index >= 15 is 0 Å². The highest BCUT2D eigenvalue weighted by Crippen LogP contribution is 2.24. The molecule has 0 fully saturated rings. The standard InChI is InChI=1S/C10H15N3O3S2/c1-2-12-18(14,15)13-8-5-3-4-6-9(8)16-7-10(11)17/h3-6,12-13H,2,7H2,1H3,(H2,11,17). The Morgan fingerprint density at radius 2 is 2.11 bits per heavy atom. The molecule has 0 saturated heterocycles. The first kappa shape index (κ1) is 14.7. The zero-order valence-corrected chi connectivity index (χ0v) is 11.5. The van der Waals surface area contributed by atoms with E-state index in [1.54, 1.807) is 31.2 Å². The van der Waals surface area contributed by atoms with Crippen molar-refractivity contribution >= 4 is 33.1 Å². The molecule has 18 heavy (non-hydrogen) atoms. The maximum Gasteiger partial charge on any atom is 0.299 e. The number of thiocarbonyl (C=S) groups is 1. The summed E-state index contributed by atoms with van der Waals surface area (Å²) in [7, 11) is -3.59. The minimum atomic E-state index is -3.59. The van der Waals surface area contributed by atoms with Crippen molar-refractivity contribution in [3.63, 3.8) is 0 Å². The third-order valence-electron chi connectivity index (χ3n) is 1.84. The van der Waals surface area contributed by atoms with Crippen LogP contribution in [0.25, 0.3) is 0 Å². The second-order valence-electron chi connectivity index (χ2n) is 3.35. The first-order chi connectivity index (χ1) is 8.44. The van der Waals surface area contributed by atoms with Crippen molar-refractivity contribution in [3.8, 4) is 5.75 Å². The van der Waals surface area contributed by atoms with Crippen molar-refractivity contribution in [2.75, 3.05) is 17.9 Å². The van der Waals surface area contributed by atoms with E-state index in [1.807, 2.05) is 0 Å². The number of nitrogens with two attached hydrogens (primary N) is 1. The summed E-state index contributed by atoms with van der Waals surface area (Å²) < 4.78 is 33.1. The normalized spacial score (nSPS) is 10.9. The van der Waals surface area contributed by atoms with E-state index in [4.69, 9.17) is 22.7 Å². The first-order valence-corrected chi connectivity index (χ1v) is 7.11. The highest BCUT2D eigenvalue weighted by Gasteiger charge is 2.11. The van der Waals surface area contributed by atoms with Crippen LogP contribution in [0.4, 0.5) is 5.69 Å². The van der Waals surface area contributed by atoms with Gasteiger partial charge < -0.3 is 10.5 Å². The van der Waals surface area contributed by atoms with E-state index in [-0.39, 0.29) is 11.6 Å². The summed E-state index contributed by atoms with van der Waals surface area (Å²) in [6.07, 6.45) is 0. The van der Waals surface area contributed by atoms with Crippen molar-refractivity contribution in [3.05, 3.63) is 24.3 Å². The molecule has 0 aliphatic carbocycles. The van der Waals surface area contributed by atoms with Crippen molar-refractivity contribution in [1.29, 1.82) is 0 Å². The fraction of sp³-hybridized carbons (Fsp3) is 0.300.